The minimum absolute atomic E-state index is 0.0179. The number of urea groups is 1. The molecule has 0 saturated carbocycles. The number of rotatable bonds is 6. The SMILES string of the molecule is CS(=O)(=O)Nc1cc(CN2CC(=O)N(c3ccc(SC(F)(F)F)cc3)C2=O)ccn1. The van der Waals surface area contributed by atoms with Gasteiger partial charge in [0, 0.05) is 17.6 Å². The van der Waals surface area contributed by atoms with Gasteiger partial charge in [0.1, 0.15) is 12.4 Å². The first kappa shape index (κ1) is 21.9. The van der Waals surface area contributed by atoms with E-state index in [1.165, 1.54) is 41.4 Å². The van der Waals surface area contributed by atoms with Gasteiger partial charge in [-0.05, 0) is 53.7 Å². The van der Waals surface area contributed by atoms with Crippen molar-refractivity contribution in [2.45, 2.75) is 16.9 Å². The van der Waals surface area contributed by atoms with Gasteiger partial charge in [-0.15, -0.1) is 0 Å². The van der Waals surface area contributed by atoms with Crippen LogP contribution in [0.3, 0.4) is 0 Å². The standard InChI is InChI=1S/C17H15F3N4O4S2/c1-30(27,28)22-14-8-11(6-7-21-14)9-23-10-15(25)24(16(23)26)12-2-4-13(5-3-12)29-17(18,19)20/h2-8H,9-10H2,1H3,(H,21,22). The predicted octanol–water partition coefficient (Wildman–Crippen LogP) is 3.03. The van der Waals surface area contributed by atoms with Crippen molar-refractivity contribution in [1.29, 1.82) is 0 Å². The summed E-state index contributed by atoms with van der Waals surface area (Å²) in [5.41, 5.74) is -3.74. The molecule has 30 heavy (non-hydrogen) atoms. The number of anilines is 2. The molecule has 160 valence electrons. The fraction of sp³-hybridized carbons (Fsp3) is 0.235. The van der Waals surface area contributed by atoms with E-state index in [0.717, 1.165) is 11.2 Å². The third-order valence-electron chi connectivity index (χ3n) is 3.85. The van der Waals surface area contributed by atoms with Crippen LogP contribution in [0.25, 0.3) is 0 Å². The normalized spacial score (nSPS) is 15.1. The summed E-state index contributed by atoms with van der Waals surface area (Å²) in [4.78, 5) is 30.9. The average molecular weight is 460 g/mol. The Balaban J connectivity index is 1.73. The molecule has 0 unspecified atom stereocenters. The second-order valence-electron chi connectivity index (χ2n) is 6.33. The number of benzene rings is 1. The summed E-state index contributed by atoms with van der Waals surface area (Å²) in [7, 11) is -3.53. The van der Waals surface area contributed by atoms with E-state index in [1.807, 2.05) is 0 Å². The molecule has 0 atom stereocenters. The number of carbonyl (C=O) groups excluding carboxylic acids is 2. The zero-order valence-corrected chi connectivity index (χ0v) is 17.0. The van der Waals surface area contributed by atoms with Crippen LogP contribution in [0.1, 0.15) is 5.56 Å². The number of nitrogens with one attached hydrogen (secondary N) is 1. The van der Waals surface area contributed by atoms with E-state index >= 15 is 0 Å². The summed E-state index contributed by atoms with van der Waals surface area (Å²) in [6, 6.07) is 7.28. The van der Waals surface area contributed by atoms with E-state index < -0.39 is 27.5 Å². The van der Waals surface area contributed by atoms with Crippen molar-refractivity contribution < 1.29 is 31.2 Å². The number of pyridine rings is 1. The Morgan fingerprint density at radius 1 is 1.17 bits per heavy atom. The highest BCUT2D eigenvalue weighted by molar-refractivity contribution is 8.00. The van der Waals surface area contributed by atoms with E-state index in [0.29, 0.717) is 5.56 Å². The Labute approximate surface area is 174 Å². The summed E-state index contributed by atoms with van der Waals surface area (Å²) >= 11 is -0.292. The highest BCUT2D eigenvalue weighted by Crippen LogP contribution is 2.37. The highest BCUT2D eigenvalue weighted by atomic mass is 32.2. The first-order chi connectivity index (χ1) is 13.9. The maximum Gasteiger partial charge on any atom is 0.446 e. The lowest BCUT2D eigenvalue weighted by Crippen LogP contribution is -2.32. The Hall–Kier alpha value is -2.80. The van der Waals surface area contributed by atoms with Crippen LogP contribution in [0.4, 0.5) is 29.5 Å². The van der Waals surface area contributed by atoms with Gasteiger partial charge in [-0.1, -0.05) is 0 Å². The first-order valence-electron chi connectivity index (χ1n) is 8.32. The summed E-state index contributed by atoms with van der Waals surface area (Å²) < 4.78 is 62.2. The molecule has 0 radical (unpaired) electrons. The van der Waals surface area contributed by atoms with E-state index in [-0.39, 0.29) is 41.3 Å². The lowest BCUT2D eigenvalue weighted by Gasteiger charge is -2.18. The number of alkyl halides is 3. The summed E-state index contributed by atoms with van der Waals surface area (Å²) in [6.07, 6.45) is 2.33. The molecule has 3 amide bonds. The van der Waals surface area contributed by atoms with Crippen LogP contribution in [0.2, 0.25) is 0 Å². The minimum Gasteiger partial charge on any atom is -0.310 e. The topological polar surface area (TPSA) is 99.7 Å². The number of amides is 3. The number of halogens is 3. The molecule has 8 nitrogen and oxygen atoms in total. The summed E-state index contributed by atoms with van der Waals surface area (Å²) in [6.45, 7) is -0.209. The van der Waals surface area contributed by atoms with Crippen molar-refractivity contribution in [2.75, 3.05) is 22.4 Å². The molecule has 1 N–H and O–H groups in total. The van der Waals surface area contributed by atoms with Crippen molar-refractivity contribution >= 4 is 45.2 Å². The third-order valence-corrected chi connectivity index (χ3v) is 5.17. The maximum absolute atomic E-state index is 12.7. The van der Waals surface area contributed by atoms with Gasteiger partial charge in [0.2, 0.25) is 10.0 Å². The second kappa shape index (κ2) is 8.14. The van der Waals surface area contributed by atoms with Gasteiger partial charge in [0.05, 0.1) is 11.9 Å². The Morgan fingerprint density at radius 2 is 1.83 bits per heavy atom. The number of imide groups is 1. The number of thioether (sulfide) groups is 1. The van der Waals surface area contributed by atoms with Crippen LogP contribution in [0, 0.1) is 0 Å². The van der Waals surface area contributed by atoms with Crippen LogP contribution >= 0.6 is 11.8 Å². The van der Waals surface area contributed by atoms with Crippen molar-refractivity contribution in [3.63, 3.8) is 0 Å². The predicted molar refractivity (Wildman–Crippen MR) is 104 cm³/mol. The van der Waals surface area contributed by atoms with Gasteiger partial charge >= 0.3 is 11.5 Å². The summed E-state index contributed by atoms with van der Waals surface area (Å²) in [5.74, 6) is -0.456. The number of hydrogen-bond donors (Lipinski definition) is 1. The molecule has 3 rings (SSSR count). The van der Waals surface area contributed by atoms with Gasteiger partial charge in [-0.2, -0.15) is 13.2 Å². The quantitative estimate of drug-likeness (QED) is 0.526. The molecule has 1 aliphatic rings. The molecule has 0 aliphatic carbocycles. The van der Waals surface area contributed by atoms with Crippen molar-refractivity contribution in [2.24, 2.45) is 0 Å². The zero-order chi connectivity index (χ0) is 22.1. The van der Waals surface area contributed by atoms with Crippen LogP contribution < -0.4 is 9.62 Å². The average Bonchev–Trinajstić information content (AvgIpc) is 2.87. The Bertz CT molecular complexity index is 1080. The van der Waals surface area contributed by atoms with Gasteiger partial charge < -0.3 is 4.90 Å². The Morgan fingerprint density at radius 3 is 2.43 bits per heavy atom. The molecular weight excluding hydrogens is 445 g/mol. The van der Waals surface area contributed by atoms with Gasteiger partial charge in [-0.3, -0.25) is 9.52 Å². The molecule has 1 aromatic carbocycles. The first-order valence-corrected chi connectivity index (χ1v) is 11.0. The Kier molecular flexibility index (Phi) is 5.94. The monoisotopic (exact) mass is 460 g/mol. The number of hydrogen-bond acceptors (Lipinski definition) is 6. The van der Waals surface area contributed by atoms with Gasteiger partial charge in [0.15, 0.2) is 0 Å². The molecule has 0 spiro atoms. The molecule has 1 aromatic heterocycles. The van der Waals surface area contributed by atoms with Crippen LogP contribution in [0.15, 0.2) is 47.5 Å². The van der Waals surface area contributed by atoms with E-state index in [9.17, 15) is 31.2 Å². The fourth-order valence-corrected chi connectivity index (χ4v) is 3.79. The lowest BCUT2D eigenvalue weighted by molar-refractivity contribution is -0.116. The molecule has 13 heteroatoms. The van der Waals surface area contributed by atoms with Crippen molar-refractivity contribution in [3.05, 3.63) is 48.2 Å². The van der Waals surface area contributed by atoms with Gasteiger partial charge in [-0.25, -0.2) is 23.1 Å². The van der Waals surface area contributed by atoms with E-state index in [2.05, 4.69) is 9.71 Å². The zero-order valence-electron chi connectivity index (χ0n) is 15.4. The number of carbonyl (C=O) groups is 2. The fourth-order valence-electron chi connectivity index (χ4n) is 2.76. The van der Waals surface area contributed by atoms with Crippen molar-refractivity contribution in [3.8, 4) is 0 Å². The molecule has 1 fully saturated rings. The number of sulfonamides is 1. The van der Waals surface area contributed by atoms with E-state index in [1.54, 1.807) is 6.07 Å². The largest absolute Gasteiger partial charge is 0.446 e. The van der Waals surface area contributed by atoms with Gasteiger partial charge in [0.25, 0.3) is 5.91 Å². The van der Waals surface area contributed by atoms with Crippen LogP contribution in [-0.4, -0.2) is 48.5 Å². The molecule has 1 aliphatic heterocycles. The second-order valence-corrected chi connectivity index (χ2v) is 9.22. The van der Waals surface area contributed by atoms with E-state index in [4.69, 9.17) is 0 Å². The smallest absolute Gasteiger partial charge is 0.310 e. The summed E-state index contributed by atoms with van der Waals surface area (Å²) in [5, 5.41) is 0. The molecule has 2 aromatic rings. The highest BCUT2D eigenvalue weighted by Gasteiger charge is 2.37. The maximum atomic E-state index is 12.7. The molecule has 2 heterocycles. The minimum atomic E-state index is -4.44. The third kappa shape index (κ3) is 5.63. The van der Waals surface area contributed by atoms with Crippen LogP contribution in [-0.2, 0) is 21.4 Å². The van der Waals surface area contributed by atoms with Crippen LogP contribution in [0.5, 0.6) is 0 Å². The number of aromatic nitrogens is 1. The van der Waals surface area contributed by atoms with Crippen molar-refractivity contribution in [1.82, 2.24) is 9.88 Å². The lowest BCUT2D eigenvalue weighted by atomic mass is 10.2. The molecule has 1 saturated heterocycles. The molecular formula is C17H15F3N4O4S2. The molecule has 0 bridgehead atoms. The number of nitrogens with zero attached hydrogens (tertiary/aromatic N) is 3.